The first-order valence-corrected chi connectivity index (χ1v) is 17.0. The normalized spacial score (nSPS) is 37.9. The van der Waals surface area contributed by atoms with Crippen LogP contribution in [-0.2, 0) is 9.59 Å². The largest absolute Gasteiger partial charge is 0.393 e. The molecule has 4 aliphatic carbocycles. The molecule has 4 rings (SSSR count). The fraction of sp³-hybridized carbons (Fsp3) is 0.939. The van der Waals surface area contributed by atoms with Gasteiger partial charge in [0, 0.05) is 12.5 Å². The summed E-state index contributed by atoms with van der Waals surface area (Å²) in [6, 6.07) is 0.0654. The van der Waals surface area contributed by atoms with E-state index in [1.54, 1.807) is 6.92 Å². The topological polar surface area (TPSA) is 197 Å². The maximum atomic E-state index is 12.6. The first-order chi connectivity index (χ1) is 20.2. The molecule has 10 heteroatoms. The Hall–Kier alpha value is -1.30. The summed E-state index contributed by atoms with van der Waals surface area (Å²) >= 11 is 0. The molecule has 252 valence electrons. The standard InChI is InChI=1S/C29H53N3O4.C2H6N2O.C2H6/c1-16(5-10-24(34)32-17(2)11-14-29(4,30)31)19-6-7-21-20(19)8-9-22-25(21)27(36)26(35)23-15-18(33)12-13-28(22,23)3;3-1-4-2-5;1-2/h16-23,25-27,33,35-36H,5-15,30-31H2,1-4H3,(H,32,34);2H,1,3H2,(H,4,5);1-2H3. The van der Waals surface area contributed by atoms with Gasteiger partial charge in [0.15, 0.2) is 0 Å². The van der Waals surface area contributed by atoms with Crippen molar-refractivity contribution in [3.63, 3.8) is 0 Å². The lowest BCUT2D eigenvalue weighted by Gasteiger charge is -2.61. The molecule has 4 aliphatic rings. The Morgan fingerprint density at radius 2 is 1.65 bits per heavy atom. The fourth-order valence-electron chi connectivity index (χ4n) is 9.23. The number of fused-ring (bicyclic) bond motifs is 5. The molecular weight excluding hydrogens is 546 g/mol. The number of nitrogens with one attached hydrogen (secondary N) is 2. The number of aliphatic hydroxyl groups is 3. The van der Waals surface area contributed by atoms with Gasteiger partial charge in [-0.05, 0) is 125 Å². The lowest BCUT2D eigenvalue weighted by molar-refractivity contribution is -0.213. The van der Waals surface area contributed by atoms with E-state index in [9.17, 15) is 24.9 Å². The van der Waals surface area contributed by atoms with Crippen molar-refractivity contribution in [3.05, 3.63) is 0 Å². The van der Waals surface area contributed by atoms with E-state index in [1.807, 2.05) is 20.8 Å². The highest BCUT2D eigenvalue weighted by Gasteiger charge is 2.62. The van der Waals surface area contributed by atoms with Gasteiger partial charge in [0.1, 0.15) is 0 Å². The van der Waals surface area contributed by atoms with E-state index in [2.05, 4.69) is 24.5 Å². The van der Waals surface area contributed by atoms with Gasteiger partial charge in [-0.2, -0.15) is 0 Å². The van der Waals surface area contributed by atoms with Gasteiger partial charge in [-0.15, -0.1) is 0 Å². The lowest BCUT2D eigenvalue weighted by atomic mass is 9.45. The number of carbonyl (C=O) groups is 2. The van der Waals surface area contributed by atoms with Crippen LogP contribution in [-0.4, -0.2) is 64.3 Å². The van der Waals surface area contributed by atoms with E-state index in [1.165, 1.54) is 6.42 Å². The highest BCUT2D eigenvalue weighted by atomic mass is 16.3. The van der Waals surface area contributed by atoms with Crippen LogP contribution in [0.3, 0.4) is 0 Å². The number of nitrogens with two attached hydrogens (primary N) is 3. The number of amides is 2. The van der Waals surface area contributed by atoms with E-state index < -0.39 is 17.9 Å². The Kier molecular flexibility index (Phi) is 14.8. The van der Waals surface area contributed by atoms with E-state index in [-0.39, 0.29) is 42.0 Å². The van der Waals surface area contributed by atoms with Gasteiger partial charge in [-0.25, -0.2) is 0 Å². The van der Waals surface area contributed by atoms with Crippen molar-refractivity contribution in [1.29, 1.82) is 0 Å². The smallest absolute Gasteiger partial charge is 0.220 e. The average molecular weight is 612 g/mol. The predicted molar refractivity (Wildman–Crippen MR) is 171 cm³/mol. The Morgan fingerprint density at radius 1 is 1.00 bits per heavy atom. The highest BCUT2D eigenvalue weighted by molar-refractivity contribution is 5.76. The van der Waals surface area contributed by atoms with Crippen LogP contribution in [0.5, 0.6) is 0 Å². The molecule has 4 saturated carbocycles. The van der Waals surface area contributed by atoms with Gasteiger partial charge >= 0.3 is 0 Å². The second kappa shape index (κ2) is 16.9. The van der Waals surface area contributed by atoms with Crippen LogP contribution in [0.4, 0.5) is 0 Å². The summed E-state index contributed by atoms with van der Waals surface area (Å²) in [6.45, 7) is 12.7. The van der Waals surface area contributed by atoms with E-state index in [4.69, 9.17) is 17.2 Å². The monoisotopic (exact) mass is 611 g/mol. The van der Waals surface area contributed by atoms with Crippen LogP contribution < -0.4 is 27.8 Å². The molecule has 2 amide bonds. The summed E-state index contributed by atoms with van der Waals surface area (Å²) in [4.78, 5) is 21.8. The maximum Gasteiger partial charge on any atom is 0.220 e. The summed E-state index contributed by atoms with van der Waals surface area (Å²) in [7, 11) is 0. The first-order valence-electron chi connectivity index (χ1n) is 17.0. The Balaban J connectivity index is 0.000000836. The summed E-state index contributed by atoms with van der Waals surface area (Å²) in [5, 5.41) is 38.1. The molecule has 0 aromatic carbocycles. The van der Waals surface area contributed by atoms with Gasteiger partial charge in [0.2, 0.25) is 12.3 Å². The van der Waals surface area contributed by atoms with Crippen molar-refractivity contribution in [3.8, 4) is 0 Å². The second-order valence-corrected chi connectivity index (χ2v) is 14.4. The zero-order chi connectivity index (χ0) is 32.5. The first kappa shape index (κ1) is 37.9. The molecule has 0 aromatic heterocycles. The maximum absolute atomic E-state index is 12.6. The average Bonchev–Trinajstić information content (AvgIpc) is 3.40. The Morgan fingerprint density at radius 3 is 2.23 bits per heavy atom. The molecule has 0 radical (unpaired) electrons. The van der Waals surface area contributed by atoms with Crippen molar-refractivity contribution in [2.45, 2.75) is 142 Å². The number of hydrogen-bond donors (Lipinski definition) is 8. The van der Waals surface area contributed by atoms with Crippen LogP contribution >= 0.6 is 0 Å². The molecule has 11 N–H and O–H groups in total. The minimum Gasteiger partial charge on any atom is -0.393 e. The third-order valence-electron chi connectivity index (χ3n) is 11.4. The molecule has 0 aliphatic heterocycles. The minimum absolute atomic E-state index is 0.00507. The third-order valence-corrected chi connectivity index (χ3v) is 11.4. The number of aliphatic hydroxyl groups excluding tert-OH is 3. The molecule has 4 fully saturated rings. The minimum atomic E-state index is -0.733. The molecule has 0 saturated heterocycles. The molecule has 0 heterocycles. The Labute approximate surface area is 260 Å². The third kappa shape index (κ3) is 9.60. The van der Waals surface area contributed by atoms with Gasteiger partial charge < -0.3 is 43.2 Å². The van der Waals surface area contributed by atoms with Crippen LogP contribution in [0, 0.1) is 46.8 Å². The van der Waals surface area contributed by atoms with Crippen molar-refractivity contribution >= 4 is 12.3 Å². The fourth-order valence-corrected chi connectivity index (χ4v) is 9.23. The molecular formula is C33H65N5O5. The van der Waals surface area contributed by atoms with Gasteiger partial charge in [-0.1, -0.05) is 27.7 Å². The van der Waals surface area contributed by atoms with Crippen molar-refractivity contribution in [2.75, 3.05) is 6.67 Å². The van der Waals surface area contributed by atoms with E-state index >= 15 is 0 Å². The quantitative estimate of drug-likeness (QED) is 0.136. The van der Waals surface area contributed by atoms with Crippen LogP contribution in [0.15, 0.2) is 0 Å². The zero-order valence-electron chi connectivity index (χ0n) is 27.8. The molecule has 0 aromatic rings. The molecule has 0 spiro atoms. The highest BCUT2D eigenvalue weighted by Crippen LogP contribution is 2.64. The predicted octanol–water partition coefficient (Wildman–Crippen LogP) is 2.57. The molecule has 10 nitrogen and oxygen atoms in total. The second-order valence-electron chi connectivity index (χ2n) is 14.4. The van der Waals surface area contributed by atoms with Crippen molar-refractivity contribution in [2.24, 2.45) is 64.0 Å². The summed E-state index contributed by atoms with van der Waals surface area (Å²) < 4.78 is 0. The SMILES string of the molecule is CC.CC(CCC(C)(N)N)NC(=O)CCC(C)C1CCC2C1CCC1C2C(O)C(O)C2CC(O)CCC21C.NCNC=O. The van der Waals surface area contributed by atoms with Crippen LogP contribution in [0.25, 0.3) is 0 Å². The summed E-state index contributed by atoms with van der Waals surface area (Å²) in [5.41, 5.74) is 15.8. The number of hydrogen-bond acceptors (Lipinski definition) is 8. The summed E-state index contributed by atoms with van der Waals surface area (Å²) in [5.74, 6) is 2.77. The number of carbonyl (C=O) groups excluding carboxylic acids is 2. The van der Waals surface area contributed by atoms with Gasteiger partial charge in [0.05, 0.1) is 30.6 Å². The Bertz CT molecular complexity index is 856. The molecule has 43 heavy (non-hydrogen) atoms. The lowest BCUT2D eigenvalue weighted by Crippen LogP contribution is -2.63. The van der Waals surface area contributed by atoms with Crippen LogP contribution in [0.1, 0.15) is 112 Å². The molecule has 12 atom stereocenters. The summed E-state index contributed by atoms with van der Waals surface area (Å²) in [6.07, 6.45) is 8.60. The zero-order valence-corrected chi connectivity index (χ0v) is 27.8. The van der Waals surface area contributed by atoms with Crippen LogP contribution in [0.2, 0.25) is 0 Å². The van der Waals surface area contributed by atoms with E-state index in [0.717, 1.165) is 44.9 Å². The van der Waals surface area contributed by atoms with Crippen molar-refractivity contribution < 1.29 is 24.9 Å². The van der Waals surface area contributed by atoms with Gasteiger partial charge in [0.25, 0.3) is 0 Å². The molecule has 12 unspecified atom stereocenters. The van der Waals surface area contributed by atoms with E-state index in [0.29, 0.717) is 55.3 Å². The van der Waals surface area contributed by atoms with Crippen molar-refractivity contribution in [1.82, 2.24) is 10.6 Å². The number of rotatable bonds is 10. The molecule has 0 bridgehead atoms. The van der Waals surface area contributed by atoms with Gasteiger partial charge in [-0.3, -0.25) is 9.59 Å².